The SMILES string of the molecule is O=S(=O)(c1ccccc1Cl)N1CCC(N2CCOCC2)CC1. The maximum Gasteiger partial charge on any atom is 0.244 e. The number of morpholine rings is 1. The van der Waals surface area contributed by atoms with Gasteiger partial charge in [0.15, 0.2) is 0 Å². The molecule has 0 amide bonds. The van der Waals surface area contributed by atoms with Gasteiger partial charge in [-0.25, -0.2) is 8.42 Å². The molecule has 1 aromatic rings. The molecular formula is C15H21ClN2O3S. The molecule has 2 heterocycles. The molecule has 0 aromatic heterocycles. The lowest BCUT2D eigenvalue weighted by Crippen LogP contribution is -2.50. The van der Waals surface area contributed by atoms with Crippen LogP contribution in [0.25, 0.3) is 0 Å². The highest BCUT2D eigenvalue weighted by atomic mass is 35.5. The van der Waals surface area contributed by atoms with E-state index in [0.29, 0.717) is 19.1 Å². The molecule has 1 aromatic carbocycles. The van der Waals surface area contributed by atoms with Gasteiger partial charge in [-0.2, -0.15) is 4.31 Å². The molecule has 0 aliphatic carbocycles. The van der Waals surface area contributed by atoms with E-state index in [9.17, 15) is 8.42 Å². The molecule has 0 atom stereocenters. The summed E-state index contributed by atoms with van der Waals surface area (Å²) in [6, 6.07) is 7.10. The number of piperidine rings is 1. The van der Waals surface area contributed by atoms with Crippen LogP contribution < -0.4 is 0 Å². The maximum atomic E-state index is 12.7. The van der Waals surface area contributed by atoms with E-state index in [2.05, 4.69) is 4.90 Å². The highest BCUT2D eigenvalue weighted by Gasteiger charge is 2.32. The van der Waals surface area contributed by atoms with E-state index >= 15 is 0 Å². The van der Waals surface area contributed by atoms with Crippen molar-refractivity contribution in [2.45, 2.75) is 23.8 Å². The van der Waals surface area contributed by atoms with E-state index in [4.69, 9.17) is 16.3 Å². The van der Waals surface area contributed by atoms with Gasteiger partial charge < -0.3 is 4.74 Å². The Morgan fingerprint density at radius 1 is 1.05 bits per heavy atom. The van der Waals surface area contributed by atoms with Gasteiger partial charge in [0.05, 0.1) is 18.2 Å². The van der Waals surface area contributed by atoms with E-state index in [1.807, 2.05) is 0 Å². The second-order valence-corrected chi connectivity index (χ2v) is 8.03. The second-order valence-electron chi connectivity index (χ2n) is 5.71. The lowest BCUT2D eigenvalue weighted by Gasteiger charge is -2.39. The summed E-state index contributed by atoms with van der Waals surface area (Å²) in [6.45, 7) is 4.55. The number of benzene rings is 1. The molecule has 0 N–H and O–H groups in total. The number of rotatable bonds is 3. The lowest BCUT2D eigenvalue weighted by molar-refractivity contribution is 0.00610. The van der Waals surface area contributed by atoms with Crippen LogP contribution in [0.5, 0.6) is 0 Å². The van der Waals surface area contributed by atoms with Crippen molar-refractivity contribution >= 4 is 21.6 Å². The molecule has 7 heteroatoms. The van der Waals surface area contributed by atoms with Crippen molar-refractivity contribution in [2.24, 2.45) is 0 Å². The average Bonchev–Trinajstić information content (AvgIpc) is 2.56. The van der Waals surface area contributed by atoms with Crippen LogP contribution in [0.15, 0.2) is 29.2 Å². The van der Waals surface area contributed by atoms with Gasteiger partial charge in [0.1, 0.15) is 4.90 Å². The van der Waals surface area contributed by atoms with Crippen LogP contribution in [-0.4, -0.2) is 63.1 Å². The summed E-state index contributed by atoms with van der Waals surface area (Å²) in [4.78, 5) is 2.63. The van der Waals surface area contributed by atoms with Crippen molar-refractivity contribution in [2.75, 3.05) is 39.4 Å². The zero-order chi connectivity index (χ0) is 15.6. The third-order valence-electron chi connectivity index (χ3n) is 4.44. The standard InChI is InChI=1S/C15H21ClN2O3S/c16-14-3-1-2-4-15(14)22(19,20)18-7-5-13(6-8-18)17-9-11-21-12-10-17/h1-4,13H,5-12H2. The quantitative estimate of drug-likeness (QED) is 0.839. The van der Waals surface area contributed by atoms with Crippen LogP contribution in [0, 0.1) is 0 Å². The summed E-state index contributed by atoms with van der Waals surface area (Å²) in [5.74, 6) is 0. The fraction of sp³-hybridized carbons (Fsp3) is 0.600. The summed E-state index contributed by atoms with van der Waals surface area (Å²) in [5.41, 5.74) is 0. The third-order valence-corrected chi connectivity index (χ3v) is 6.84. The number of halogens is 1. The molecule has 122 valence electrons. The molecule has 0 bridgehead atoms. The van der Waals surface area contributed by atoms with Gasteiger partial charge in [0.25, 0.3) is 0 Å². The van der Waals surface area contributed by atoms with Gasteiger partial charge in [-0.1, -0.05) is 23.7 Å². The molecule has 0 radical (unpaired) electrons. The molecule has 22 heavy (non-hydrogen) atoms. The van der Waals surface area contributed by atoms with Crippen molar-refractivity contribution in [3.8, 4) is 0 Å². The van der Waals surface area contributed by atoms with Crippen molar-refractivity contribution in [1.29, 1.82) is 0 Å². The molecule has 0 unspecified atom stereocenters. The Kier molecular flexibility index (Phi) is 5.04. The zero-order valence-corrected chi connectivity index (χ0v) is 14.0. The first-order chi connectivity index (χ1) is 10.6. The Hall–Kier alpha value is -0.660. The Bertz CT molecular complexity index is 609. The highest BCUT2D eigenvalue weighted by Crippen LogP contribution is 2.27. The number of hydrogen-bond donors (Lipinski definition) is 0. The molecule has 2 fully saturated rings. The number of sulfonamides is 1. The maximum absolute atomic E-state index is 12.7. The number of nitrogens with zero attached hydrogens (tertiary/aromatic N) is 2. The minimum Gasteiger partial charge on any atom is -0.379 e. The first-order valence-corrected chi connectivity index (χ1v) is 9.47. The van der Waals surface area contributed by atoms with Gasteiger partial charge in [0.2, 0.25) is 10.0 Å². The summed E-state index contributed by atoms with van der Waals surface area (Å²) in [7, 11) is -3.49. The van der Waals surface area contributed by atoms with Crippen LogP contribution in [0.4, 0.5) is 0 Å². The van der Waals surface area contributed by atoms with Gasteiger partial charge in [-0.3, -0.25) is 4.90 Å². The molecule has 3 rings (SSSR count). The largest absolute Gasteiger partial charge is 0.379 e. The van der Waals surface area contributed by atoms with E-state index in [0.717, 1.165) is 39.1 Å². The third kappa shape index (κ3) is 3.31. The second kappa shape index (κ2) is 6.84. The fourth-order valence-corrected chi connectivity index (χ4v) is 5.15. The molecule has 5 nitrogen and oxygen atoms in total. The van der Waals surface area contributed by atoms with Gasteiger partial charge in [0, 0.05) is 32.2 Å². The Balaban J connectivity index is 1.67. The minimum absolute atomic E-state index is 0.210. The van der Waals surface area contributed by atoms with E-state index in [1.54, 1.807) is 28.6 Å². The summed E-state index contributed by atoms with van der Waals surface area (Å²) in [5, 5.41) is 0.290. The Morgan fingerprint density at radius 3 is 2.32 bits per heavy atom. The van der Waals surface area contributed by atoms with Gasteiger partial charge >= 0.3 is 0 Å². The summed E-state index contributed by atoms with van der Waals surface area (Å²) >= 11 is 6.05. The predicted octanol–water partition coefficient (Wildman–Crippen LogP) is 1.83. The van der Waals surface area contributed by atoms with E-state index in [1.165, 1.54) is 0 Å². The number of hydrogen-bond acceptors (Lipinski definition) is 4. The van der Waals surface area contributed by atoms with Gasteiger partial charge in [-0.05, 0) is 25.0 Å². The smallest absolute Gasteiger partial charge is 0.244 e. The number of ether oxygens (including phenoxy) is 1. The van der Waals surface area contributed by atoms with Crippen LogP contribution in [0.3, 0.4) is 0 Å². The molecular weight excluding hydrogens is 324 g/mol. The topological polar surface area (TPSA) is 49.9 Å². The average molecular weight is 345 g/mol. The minimum atomic E-state index is -3.49. The van der Waals surface area contributed by atoms with Crippen molar-refractivity contribution < 1.29 is 13.2 Å². The molecule has 2 aliphatic heterocycles. The summed E-state index contributed by atoms with van der Waals surface area (Å²) in [6.07, 6.45) is 1.73. The highest BCUT2D eigenvalue weighted by molar-refractivity contribution is 7.89. The lowest BCUT2D eigenvalue weighted by atomic mass is 10.0. The molecule has 2 saturated heterocycles. The van der Waals surface area contributed by atoms with Crippen LogP contribution in [0.2, 0.25) is 5.02 Å². The molecule has 0 spiro atoms. The fourth-order valence-electron chi connectivity index (χ4n) is 3.18. The monoisotopic (exact) mass is 344 g/mol. The van der Waals surface area contributed by atoms with Crippen molar-refractivity contribution in [3.05, 3.63) is 29.3 Å². The van der Waals surface area contributed by atoms with Crippen molar-refractivity contribution in [1.82, 2.24) is 9.21 Å². The van der Waals surface area contributed by atoms with E-state index < -0.39 is 10.0 Å². The molecule has 2 aliphatic rings. The van der Waals surface area contributed by atoms with Crippen LogP contribution >= 0.6 is 11.6 Å². The normalized spacial score (nSPS) is 22.8. The van der Waals surface area contributed by atoms with Crippen LogP contribution in [-0.2, 0) is 14.8 Å². The summed E-state index contributed by atoms with van der Waals surface area (Å²) < 4.78 is 32.3. The Labute approximate surface area is 136 Å². The molecule has 0 saturated carbocycles. The predicted molar refractivity (Wildman–Crippen MR) is 85.6 cm³/mol. The first-order valence-electron chi connectivity index (χ1n) is 7.65. The van der Waals surface area contributed by atoms with Crippen LogP contribution in [0.1, 0.15) is 12.8 Å². The zero-order valence-electron chi connectivity index (χ0n) is 12.4. The van der Waals surface area contributed by atoms with Crippen molar-refractivity contribution in [3.63, 3.8) is 0 Å². The van der Waals surface area contributed by atoms with Gasteiger partial charge in [-0.15, -0.1) is 0 Å². The first kappa shape index (κ1) is 16.2. The van der Waals surface area contributed by atoms with E-state index in [-0.39, 0.29) is 9.92 Å². The Morgan fingerprint density at radius 2 is 1.68 bits per heavy atom.